The minimum Gasteiger partial charge on any atom is -0.353 e. The lowest BCUT2D eigenvalue weighted by Crippen LogP contribution is -2.31. The van der Waals surface area contributed by atoms with Gasteiger partial charge in [0, 0.05) is 37.7 Å². The highest BCUT2D eigenvalue weighted by atomic mass is 16.2. The molecule has 0 unspecified atom stereocenters. The highest BCUT2D eigenvalue weighted by Crippen LogP contribution is 2.18. The summed E-state index contributed by atoms with van der Waals surface area (Å²) < 4.78 is 0. The SMILES string of the molecule is O=C(CCNC(=O)c1ccc2c(c1)CNC2)NC1CC1. The summed E-state index contributed by atoms with van der Waals surface area (Å²) in [6.45, 7) is 2.07. The van der Waals surface area contributed by atoms with Gasteiger partial charge in [0.25, 0.3) is 5.91 Å². The van der Waals surface area contributed by atoms with Gasteiger partial charge in [-0.2, -0.15) is 0 Å². The monoisotopic (exact) mass is 273 g/mol. The molecule has 1 fully saturated rings. The van der Waals surface area contributed by atoms with Crippen LogP contribution in [0.5, 0.6) is 0 Å². The van der Waals surface area contributed by atoms with Crippen LogP contribution in [0.25, 0.3) is 0 Å². The average Bonchev–Trinajstić information content (AvgIpc) is 3.12. The van der Waals surface area contributed by atoms with Crippen molar-refractivity contribution in [3.05, 3.63) is 34.9 Å². The molecule has 20 heavy (non-hydrogen) atoms. The first-order chi connectivity index (χ1) is 9.72. The molecule has 0 radical (unpaired) electrons. The van der Waals surface area contributed by atoms with E-state index >= 15 is 0 Å². The predicted octanol–water partition coefficient (Wildman–Crippen LogP) is 0.688. The summed E-state index contributed by atoms with van der Waals surface area (Å²) in [5, 5.41) is 8.95. The van der Waals surface area contributed by atoms with E-state index in [4.69, 9.17) is 0 Å². The molecule has 106 valence electrons. The first kappa shape index (κ1) is 13.1. The van der Waals surface area contributed by atoms with Gasteiger partial charge in [0.1, 0.15) is 0 Å². The van der Waals surface area contributed by atoms with E-state index in [1.54, 1.807) is 0 Å². The van der Waals surface area contributed by atoms with E-state index in [0.29, 0.717) is 24.6 Å². The zero-order valence-corrected chi connectivity index (χ0v) is 11.4. The molecular formula is C15H19N3O2. The molecule has 0 saturated heterocycles. The van der Waals surface area contributed by atoms with Crippen LogP contribution in [0.2, 0.25) is 0 Å². The van der Waals surface area contributed by atoms with Crippen molar-refractivity contribution in [2.45, 2.75) is 38.4 Å². The second kappa shape index (κ2) is 5.63. The Hall–Kier alpha value is -1.88. The van der Waals surface area contributed by atoms with E-state index in [0.717, 1.165) is 25.9 Å². The van der Waals surface area contributed by atoms with Crippen molar-refractivity contribution in [2.75, 3.05) is 6.54 Å². The quantitative estimate of drug-likeness (QED) is 0.739. The maximum absolute atomic E-state index is 12.0. The molecule has 1 aromatic carbocycles. The average molecular weight is 273 g/mol. The fourth-order valence-corrected chi connectivity index (χ4v) is 2.36. The molecule has 0 atom stereocenters. The summed E-state index contributed by atoms with van der Waals surface area (Å²) in [5.74, 6) is -0.0927. The Kier molecular flexibility index (Phi) is 3.69. The molecule has 2 amide bonds. The molecule has 5 nitrogen and oxygen atoms in total. The van der Waals surface area contributed by atoms with Gasteiger partial charge >= 0.3 is 0 Å². The molecule has 3 N–H and O–H groups in total. The van der Waals surface area contributed by atoms with Crippen molar-refractivity contribution in [2.24, 2.45) is 0 Å². The third-order valence-corrected chi connectivity index (χ3v) is 3.68. The van der Waals surface area contributed by atoms with Crippen LogP contribution in [0.1, 0.15) is 40.7 Å². The summed E-state index contributed by atoms with van der Waals surface area (Å²) >= 11 is 0. The first-order valence-electron chi connectivity index (χ1n) is 7.12. The largest absolute Gasteiger partial charge is 0.353 e. The Balaban J connectivity index is 1.47. The minimum absolute atomic E-state index is 0.0194. The van der Waals surface area contributed by atoms with Crippen LogP contribution >= 0.6 is 0 Å². The smallest absolute Gasteiger partial charge is 0.251 e. The van der Waals surface area contributed by atoms with Crippen LogP contribution in [0.3, 0.4) is 0 Å². The molecule has 2 aliphatic rings. The second-order valence-electron chi connectivity index (χ2n) is 5.43. The van der Waals surface area contributed by atoms with E-state index in [1.807, 2.05) is 18.2 Å². The molecule has 0 aromatic heterocycles. The van der Waals surface area contributed by atoms with Crippen molar-refractivity contribution >= 4 is 11.8 Å². The Morgan fingerprint density at radius 1 is 1.20 bits per heavy atom. The van der Waals surface area contributed by atoms with Gasteiger partial charge in [-0.15, -0.1) is 0 Å². The standard InChI is InChI=1S/C15H19N3O2/c19-14(18-13-3-4-13)5-6-17-15(20)10-1-2-11-8-16-9-12(11)7-10/h1-2,7,13,16H,3-6,8-9H2,(H,17,20)(H,18,19). The van der Waals surface area contributed by atoms with Crippen molar-refractivity contribution in [3.63, 3.8) is 0 Å². The summed E-state index contributed by atoms with van der Waals surface area (Å²) in [4.78, 5) is 23.5. The zero-order valence-electron chi connectivity index (χ0n) is 11.4. The Morgan fingerprint density at radius 3 is 2.80 bits per heavy atom. The third kappa shape index (κ3) is 3.17. The molecule has 0 bridgehead atoms. The number of carbonyl (C=O) groups excluding carboxylic acids is 2. The molecule has 1 heterocycles. The number of hydrogen-bond acceptors (Lipinski definition) is 3. The van der Waals surface area contributed by atoms with Crippen molar-refractivity contribution in [1.82, 2.24) is 16.0 Å². The van der Waals surface area contributed by atoms with Crippen LogP contribution in [-0.2, 0) is 17.9 Å². The van der Waals surface area contributed by atoms with Gasteiger partial charge in [0.05, 0.1) is 0 Å². The molecule has 1 aliphatic carbocycles. The van der Waals surface area contributed by atoms with Crippen LogP contribution in [0.4, 0.5) is 0 Å². The van der Waals surface area contributed by atoms with E-state index < -0.39 is 0 Å². The van der Waals surface area contributed by atoms with Gasteiger partial charge in [-0.25, -0.2) is 0 Å². The van der Waals surface area contributed by atoms with Crippen molar-refractivity contribution in [1.29, 1.82) is 0 Å². The number of rotatable bonds is 5. The summed E-state index contributed by atoms with van der Waals surface area (Å²) in [6.07, 6.45) is 2.51. The summed E-state index contributed by atoms with van der Waals surface area (Å²) in [5.41, 5.74) is 3.10. The minimum atomic E-state index is -0.112. The van der Waals surface area contributed by atoms with Crippen LogP contribution < -0.4 is 16.0 Å². The summed E-state index contributed by atoms with van der Waals surface area (Å²) in [7, 11) is 0. The van der Waals surface area contributed by atoms with E-state index in [-0.39, 0.29) is 11.8 Å². The van der Waals surface area contributed by atoms with Gasteiger partial charge in [-0.05, 0) is 36.1 Å². The number of amides is 2. The lowest BCUT2D eigenvalue weighted by Gasteiger charge is -2.07. The number of nitrogens with one attached hydrogen (secondary N) is 3. The highest BCUT2D eigenvalue weighted by molar-refractivity contribution is 5.94. The highest BCUT2D eigenvalue weighted by Gasteiger charge is 2.22. The topological polar surface area (TPSA) is 70.2 Å². The normalized spacial score (nSPS) is 16.6. The Labute approximate surface area is 118 Å². The molecular weight excluding hydrogens is 254 g/mol. The maximum Gasteiger partial charge on any atom is 0.251 e. The van der Waals surface area contributed by atoms with Crippen LogP contribution in [0, 0.1) is 0 Å². The molecule has 1 aliphatic heterocycles. The number of benzene rings is 1. The Bertz CT molecular complexity index is 538. The van der Waals surface area contributed by atoms with Gasteiger partial charge in [-0.3, -0.25) is 9.59 Å². The van der Waals surface area contributed by atoms with E-state index in [1.165, 1.54) is 11.1 Å². The lowest BCUT2D eigenvalue weighted by atomic mass is 10.1. The predicted molar refractivity (Wildman–Crippen MR) is 75.1 cm³/mol. The molecule has 3 rings (SSSR count). The number of fused-ring (bicyclic) bond motifs is 1. The van der Waals surface area contributed by atoms with Gasteiger partial charge in [0.2, 0.25) is 5.91 Å². The molecule has 1 saturated carbocycles. The van der Waals surface area contributed by atoms with Crippen LogP contribution in [0.15, 0.2) is 18.2 Å². The first-order valence-corrected chi connectivity index (χ1v) is 7.12. The van der Waals surface area contributed by atoms with E-state index in [2.05, 4.69) is 16.0 Å². The fourth-order valence-electron chi connectivity index (χ4n) is 2.36. The fraction of sp³-hybridized carbons (Fsp3) is 0.467. The zero-order chi connectivity index (χ0) is 13.9. The number of hydrogen-bond donors (Lipinski definition) is 3. The second-order valence-corrected chi connectivity index (χ2v) is 5.43. The summed E-state index contributed by atoms with van der Waals surface area (Å²) in [6, 6.07) is 6.13. The third-order valence-electron chi connectivity index (χ3n) is 3.68. The van der Waals surface area contributed by atoms with Gasteiger partial charge in [0.15, 0.2) is 0 Å². The maximum atomic E-state index is 12.0. The van der Waals surface area contributed by atoms with Gasteiger partial charge in [-0.1, -0.05) is 6.07 Å². The number of carbonyl (C=O) groups is 2. The molecule has 5 heteroatoms. The molecule has 1 aromatic rings. The van der Waals surface area contributed by atoms with Crippen LogP contribution in [-0.4, -0.2) is 24.4 Å². The molecule has 0 spiro atoms. The lowest BCUT2D eigenvalue weighted by molar-refractivity contribution is -0.121. The van der Waals surface area contributed by atoms with Crippen molar-refractivity contribution < 1.29 is 9.59 Å². The van der Waals surface area contributed by atoms with E-state index in [9.17, 15) is 9.59 Å². The van der Waals surface area contributed by atoms with Crippen molar-refractivity contribution in [3.8, 4) is 0 Å². The Morgan fingerprint density at radius 2 is 2.00 bits per heavy atom. The van der Waals surface area contributed by atoms with Gasteiger partial charge < -0.3 is 16.0 Å².